The average molecular weight is 273 g/mol. The first kappa shape index (κ1) is 15.1. The fraction of sp³-hybridized carbons (Fsp3) is 0.529. The Kier molecular flexibility index (Phi) is 5.62. The second-order valence-electron chi connectivity index (χ2n) is 5.62. The fourth-order valence-electron chi connectivity index (χ4n) is 2.51. The van der Waals surface area contributed by atoms with Crippen LogP contribution < -0.4 is 4.90 Å². The summed E-state index contributed by atoms with van der Waals surface area (Å²) in [4.78, 5) is 7.16. The lowest BCUT2D eigenvalue weighted by Gasteiger charge is -2.33. The minimum absolute atomic E-state index is 1.06. The maximum atomic E-state index is 2.52. The summed E-state index contributed by atoms with van der Waals surface area (Å²) < 4.78 is 0. The van der Waals surface area contributed by atoms with Crippen LogP contribution in [0.1, 0.15) is 12.5 Å². The molecule has 0 bridgehead atoms. The van der Waals surface area contributed by atoms with E-state index < -0.39 is 0 Å². The second-order valence-corrected chi connectivity index (χ2v) is 5.62. The minimum Gasteiger partial charge on any atom is -0.378 e. The number of hydrogen-bond donors (Lipinski definition) is 0. The lowest BCUT2D eigenvalue weighted by atomic mass is 10.2. The van der Waals surface area contributed by atoms with Crippen LogP contribution in [0.25, 0.3) is 6.08 Å². The van der Waals surface area contributed by atoms with Gasteiger partial charge in [-0.05, 0) is 24.2 Å². The van der Waals surface area contributed by atoms with Gasteiger partial charge in [0.05, 0.1) is 0 Å². The molecule has 0 amide bonds. The maximum Gasteiger partial charge on any atom is 0.0361 e. The van der Waals surface area contributed by atoms with Gasteiger partial charge in [0.2, 0.25) is 0 Å². The van der Waals surface area contributed by atoms with Crippen molar-refractivity contribution in [3.63, 3.8) is 0 Å². The number of hydrogen-bond acceptors (Lipinski definition) is 3. The summed E-state index contributed by atoms with van der Waals surface area (Å²) in [6.07, 6.45) is 4.51. The number of benzene rings is 1. The van der Waals surface area contributed by atoms with Gasteiger partial charge in [0.25, 0.3) is 0 Å². The molecule has 1 aromatic rings. The van der Waals surface area contributed by atoms with Crippen LogP contribution in [0, 0.1) is 0 Å². The van der Waals surface area contributed by atoms with Gasteiger partial charge in [-0.25, -0.2) is 0 Å². The van der Waals surface area contributed by atoms with Gasteiger partial charge >= 0.3 is 0 Å². The summed E-state index contributed by atoms with van der Waals surface area (Å²) in [5.74, 6) is 0. The summed E-state index contributed by atoms with van der Waals surface area (Å²) in [6, 6.07) is 8.70. The lowest BCUT2D eigenvalue weighted by molar-refractivity contribution is 0.148. The molecule has 0 saturated carbocycles. The van der Waals surface area contributed by atoms with E-state index in [-0.39, 0.29) is 0 Å². The van der Waals surface area contributed by atoms with Crippen molar-refractivity contribution in [3.05, 3.63) is 35.9 Å². The van der Waals surface area contributed by atoms with E-state index in [4.69, 9.17) is 0 Å². The van der Waals surface area contributed by atoms with Crippen molar-refractivity contribution in [2.75, 3.05) is 58.3 Å². The van der Waals surface area contributed by atoms with Crippen LogP contribution in [0.4, 0.5) is 5.69 Å². The smallest absolute Gasteiger partial charge is 0.0361 e. The molecule has 0 atom stereocenters. The van der Waals surface area contributed by atoms with Crippen LogP contribution in [0.5, 0.6) is 0 Å². The molecule has 0 unspecified atom stereocenters. The maximum absolute atomic E-state index is 2.52. The van der Waals surface area contributed by atoms with Gasteiger partial charge in [0.15, 0.2) is 0 Å². The van der Waals surface area contributed by atoms with Crippen LogP contribution in [0.2, 0.25) is 0 Å². The van der Waals surface area contributed by atoms with Crippen molar-refractivity contribution >= 4 is 11.8 Å². The second kappa shape index (κ2) is 7.46. The van der Waals surface area contributed by atoms with Gasteiger partial charge in [0, 0.05) is 52.5 Å². The molecular formula is C17H27N3. The monoisotopic (exact) mass is 273 g/mol. The Hall–Kier alpha value is -1.32. The van der Waals surface area contributed by atoms with Crippen molar-refractivity contribution in [1.82, 2.24) is 9.80 Å². The molecule has 110 valence electrons. The van der Waals surface area contributed by atoms with Crippen molar-refractivity contribution in [2.24, 2.45) is 0 Å². The molecule has 3 heteroatoms. The molecule has 1 fully saturated rings. The molecule has 0 radical (unpaired) electrons. The highest BCUT2D eigenvalue weighted by molar-refractivity contribution is 5.55. The summed E-state index contributed by atoms with van der Waals surface area (Å²) in [5, 5.41) is 0. The average Bonchev–Trinajstić information content (AvgIpc) is 2.48. The molecule has 1 aliphatic heterocycles. The van der Waals surface area contributed by atoms with E-state index in [1.54, 1.807) is 0 Å². The molecule has 0 aromatic heterocycles. The largest absolute Gasteiger partial charge is 0.378 e. The molecule has 0 aliphatic carbocycles. The van der Waals surface area contributed by atoms with E-state index in [9.17, 15) is 0 Å². The molecule has 1 aromatic carbocycles. The highest BCUT2D eigenvalue weighted by atomic mass is 15.2. The predicted molar refractivity (Wildman–Crippen MR) is 88.4 cm³/mol. The van der Waals surface area contributed by atoms with Gasteiger partial charge in [-0.3, -0.25) is 4.90 Å². The highest BCUT2D eigenvalue weighted by Gasteiger charge is 2.13. The summed E-state index contributed by atoms with van der Waals surface area (Å²) >= 11 is 0. The molecule has 3 nitrogen and oxygen atoms in total. The predicted octanol–water partition coefficient (Wildman–Crippen LogP) is 2.40. The Labute approximate surface area is 123 Å². The molecule has 0 N–H and O–H groups in total. The first-order chi connectivity index (χ1) is 9.69. The zero-order chi connectivity index (χ0) is 14.4. The van der Waals surface area contributed by atoms with Crippen molar-refractivity contribution in [1.29, 1.82) is 0 Å². The molecule has 20 heavy (non-hydrogen) atoms. The third-order valence-corrected chi connectivity index (χ3v) is 4.00. The third kappa shape index (κ3) is 4.36. The zero-order valence-electron chi connectivity index (χ0n) is 13.0. The van der Waals surface area contributed by atoms with Crippen LogP contribution in [-0.2, 0) is 0 Å². The first-order valence-corrected chi connectivity index (χ1v) is 7.57. The summed E-state index contributed by atoms with van der Waals surface area (Å²) in [5.41, 5.74) is 2.53. The molecule has 1 aliphatic rings. The first-order valence-electron chi connectivity index (χ1n) is 7.57. The van der Waals surface area contributed by atoms with E-state index in [0.717, 1.165) is 6.54 Å². The van der Waals surface area contributed by atoms with Crippen molar-refractivity contribution < 1.29 is 0 Å². The van der Waals surface area contributed by atoms with E-state index in [0.29, 0.717) is 0 Å². The Morgan fingerprint density at radius 2 is 1.60 bits per heavy atom. The molecule has 1 saturated heterocycles. The molecule has 1 heterocycles. The summed E-state index contributed by atoms with van der Waals surface area (Å²) in [6.45, 7) is 9.29. The highest BCUT2D eigenvalue weighted by Crippen LogP contribution is 2.13. The van der Waals surface area contributed by atoms with Gasteiger partial charge in [0.1, 0.15) is 0 Å². The summed E-state index contributed by atoms with van der Waals surface area (Å²) in [7, 11) is 4.14. The Morgan fingerprint density at radius 3 is 2.15 bits per heavy atom. The Bertz CT molecular complexity index is 414. The topological polar surface area (TPSA) is 9.72 Å². The van der Waals surface area contributed by atoms with E-state index in [1.807, 2.05) is 0 Å². The molecular weight excluding hydrogens is 246 g/mol. The van der Waals surface area contributed by atoms with E-state index in [2.05, 4.69) is 72.1 Å². The number of rotatable bonds is 5. The van der Waals surface area contributed by atoms with Crippen LogP contribution in [0.3, 0.4) is 0 Å². The van der Waals surface area contributed by atoms with Crippen molar-refractivity contribution in [3.8, 4) is 0 Å². The van der Waals surface area contributed by atoms with Crippen LogP contribution in [-0.4, -0.2) is 63.2 Å². The number of nitrogens with zero attached hydrogens (tertiary/aromatic N) is 3. The molecule has 2 rings (SSSR count). The lowest BCUT2D eigenvalue weighted by Crippen LogP contribution is -2.45. The Morgan fingerprint density at radius 1 is 1.00 bits per heavy atom. The quantitative estimate of drug-likeness (QED) is 0.815. The SMILES string of the molecule is CCN1CCN(CC=Cc2ccc(N(C)C)cc2)CC1. The Balaban J connectivity index is 1.79. The zero-order valence-corrected chi connectivity index (χ0v) is 13.0. The normalized spacial score (nSPS) is 17.8. The number of anilines is 1. The number of piperazine rings is 1. The fourth-order valence-corrected chi connectivity index (χ4v) is 2.51. The van der Waals surface area contributed by atoms with Gasteiger partial charge < -0.3 is 9.80 Å². The third-order valence-electron chi connectivity index (χ3n) is 4.00. The van der Waals surface area contributed by atoms with Crippen LogP contribution in [0.15, 0.2) is 30.3 Å². The van der Waals surface area contributed by atoms with E-state index >= 15 is 0 Å². The van der Waals surface area contributed by atoms with Gasteiger partial charge in [-0.1, -0.05) is 31.2 Å². The minimum atomic E-state index is 1.06. The molecule has 0 spiro atoms. The standard InChI is InChI=1S/C17H27N3/c1-4-19-12-14-20(15-13-19)11-5-6-16-7-9-17(10-8-16)18(2)3/h5-10H,4,11-15H2,1-3H3. The van der Waals surface area contributed by atoms with Gasteiger partial charge in [-0.15, -0.1) is 0 Å². The van der Waals surface area contributed by atoms with Crippen LogP contribution >= 0.6 is 0 Å². The number of likely N-dealkylation sites (N-methyl/N-ethyl adjacent to an activating group) is 1. The van der Waals surface area contributed by atoms with E-state index in [1.165, 1.54) is 44.0 Å². The van der Waals surface area contributed by atoms with Crippen molar-refractivity contribution in [2.45, 2.75) is 6.92 Å². The van der Waals surface area contributed by atoms with Gasteiger partial charge in [-0.2, -0.15) is 0 Å².